The van der Waals surface area contributed by atoms with Gasteiger partial charge in [0.1, 0.15) is 13.1 Å². The maximum absolute atomic E-state index is 11.2. The summed E-state index contributed by atoms with van der Waals surface area (Å²) in [4.78, 5) is 21.6. The van der Waals surface area contributed by atoms with E-state index in [0.717, 1.165) is 16.4 Å². The highest BCUT2D eigenvalue weighted by Gasteiger charge is 2.11. The van der Waals surface area contributed by atoms with Gasteiger partial charge in [-0.05, 0) is 10.4 Å². The Hall–Kier alpha value is -2.15. The Bertz CT molecular complexity index is 453. The second-order valence-electron chi connectivity index (χ2n) is 2.74. The molecular weight excluding hydrogens is 248 g/mol. The van der Waals surface area contributed by atoms with E-state index < -0.39 is 5.97 Å². The molecule has 1 amide bonds. The molecule has 0 spiro atoms. The molecule has 0 bridgehead atoms. The van der Waals surface area contributed by atoms with Crippen LogP contribution in [0.5, 0.6) is 0 Å². The molecule has 0 aromatic carbocycles. The van der Waals surface area contributed by atoms with Gasteiger partial charge in [-0.2, -0.15) is 5.26 Å². The number of aliphatic carboxylic acids is 1. The van der Waals surface area contributed by atoms with Crippen molar-refractivity contribution in [3.05, 3.63) is 0 Å². The molecule has 0 aliphatic rings. The minimum absolute atomic E-state index is 0.0155. The highest BCUT2D eigenvalue weighted by Crippen LogP contribution is 2.12. The van der Waals surface area contributed by atoms with Gasteiger partial charge in [0, 0.05) is 0 Å². The number of rotatable bonds is 6. The topological polar surface area (TPSA) is 134 Å². The number of hydrogen-bond donors (Lipinski definition) is 2. The van der Waals surface area contributed by atoms with Crippen LogP contribution in [0, 0.1) is 11.3 Å². The lowest BCUT2D eigenvalue weighted by molar-refractivity contribution is -0.138. The fraction of sp³-hybridized carbons (Fsp3) is 0.429. The molecule has 0 saturated carbocycles. The first-order chi connectivity index (χ1) is 8.13. The summed E-state index contributed by atoms with van der Waals surface area (Å²) in [5.41, 5.74) is 0. The summed E-state index contributed by atoms with van der Waals surface area (Å²) in [5.74, 6) is -1.41. The molecule has 0 aliphatic carbocycles. The van der Waals surface area contributed by atoms with Crippen molar-refractivity contribution in [2.45, 2.75) is 11.7 Å². The average Bonchev–Trinajstić information content (AvgIpc) is 2.70. The Labute approximate surface area is 99.8 Å². The zero-order valence-corrected chi connectivity index (χ0v) is 9.35. The monoisotopic (exact) mass is 256 g/mol. The first-order valence-electron chi connectivity index (χ1n) is 4.38. The van der Waals surface area contributed by atoms with Gasteiger partial charge in [0.25, 0.3) is 0 Å². The number of amides is 1. The summed E-state index contributed by atoms with van der Waals surface area (Å²) < 4.78 is 1.07. The summed E-state index contributed by atoms with van der Waals surface area (Å²) in [6.07, 6.45) is 0. The van der Waals surface area contributed by atoms with Gasteiger partial charge in [0.15, 0.2) is 0 Å². The van der Waals surface area contributed by atoms with Crippen LogP contribution in [0.1, 0.15) is 0 Å². The van der Waals surface area contributed by atoms with Crippen LogP contribution in [-0.2, 0) is 16.1 Å². The zero-order valence-electron chi connectivity index (χ0n) is 8.53. The van der Waals surface area contributed by atoms with Gasteiger partial charge in [0.05, 0.1) is 11.8 Å². The van der Waals surface area contributed by atoms with Crippen molar-refractivity contribution in [2.24, 2.45) is 0 Å². The maximum Gasteiger partial charge on any atom is 0.325 e. The standard InChI is InChI=1S/C7H8N6O3S/c8-1-2-9-5(14)4-17-7-10-11-12-13(7)3-6(15)16/h2-4H2,(H,9,14)(H,15,16). The second kappa shape index (κ2) is 6.44. The highest BCUT2D eigenvalue weighted by atomic mass is 32.2. The number of thioether (sulfide) groups is 1. The number of carbonyl (C=O) groups is 2. The van der Waals surface area contributed by atoms with Crippen molar-refractivity contribution in [1.29, 1.82) is 5.26 Å². The number of nitrogens with one attached hydrogen (secondary N) is 1. The number of nitrogens with zero attached hydrogens (tertiary/aromatic N) is 5. The molecule has 9 nitrogen and oxygen atoms in total. The van der Waals surface area contributed by atoms with E-state index in [-0.39, 0.29) is 29.9 Å². The molecule has 17 heavy (non-hydrogen) atoms. The molecule has 2 N–H and O–H groups in total. The zero-order chi connectivity index (χ0) is 12.7. The summed E-state index contributed by atoms with van der Waals surface area (Å²) in [7, 11) is 0. The van der Waals surface area contributed by atoms with E-state index in [1.165, 1.54) is 0 Å². The average molecular weight is 256 g/mol. The lowest BCUT2D eigenvalue weighted by atomic mass is 10.6. The van der Waals surface area contributed by atoms with Gasteiger partial charge in [-0.15, -0.1) is 5.10 Å². The van der Waals surface area contributed by atoms with E-state index in [9.17, 15) is 9.59 Å². The summed E-state index contributed by atoms with van der Waals surface area (Å²) in [5, 5.41) is 29.7. The third-order valence-corrected chi connectivity index (χ3v) is 2.44. The van der Waals surface area contributed by atoms with Crippen LogP contribution in [0.2, 0.25) is 0 Å². The molecule has 0 unspecified atom stereocenters. The minimum Gasteiger partial charge on any atom is -0.480 e. The van der Waals surface area contributed by atoms with Gasteiger partial charge in [-0.3, -0.25) is 9.59 Å². The van der Waals surface area contributed by atoms with Crippen LogP contribution < -0.4 is 5.32 Å². The molecule has 1 heterocycles. The summed E-state index contributed by atoms with van der Waals surface area (Å²) >= 11 is 0.996. The van der Waals surface area contributed by atoms with Crippen LogP contribution in [0.4, 0.5) is 0 Å². The third-order valence-electron chi connectivity index (χ3n) is 1.48. The summed E-state index contributed by atoms with van der Waals surface area (Å²) in [6, 6.07) is 1.76. The molecule has 0 radical (unpaired) electrons. The predicted octanol–water partition coefficient (Wildman–Crippen LogP) is -1.51. The van der Waals surface area contributed by atoms with Crippen molar-refractivity contribution in [3.63, 3.8) is 0 Å². The van der Waals surface area contributed by atoms with Crippen LogP contribution in [-0.4, -0.2) is 49.5 Å². The van der Waals surface area contributed by atoms with Gasteiger partial charge >= 0.3 is 5.97 Å². The lowest BCUT2D eigenvalue weighted by Crippen LogP contribution is -2.25. The highest BCUT2D eigenvalue weighted by molar-refractivity contribution is 7.99. The van der Waals surface area contributed by atoms with Crippen molar-refractivity contribution in [3.8, 4) is 6.07 Å². The van der Waals surface area contributed by atoms with E-state index in [2.05, 4.69) is 20.8 Å². The first-order valence-corrected chi connectivity index (χ1v) is 5.36. The van der Waals surface area contributed by atoms with Crippen LogP contribution in [0.3, 0.4) is 0 Å². The number of nitriles is 1. The normalized spacial score (nSPS) is 9.59. The predicted molar refractivity (Wildman–Crippen MR) is 54.8 cm³/mol. The maximum atomic E-state index is 11.2. The largest absolute Gasteiger partial charge is 0.480 e. The van der Waals surface area contributed by atoms with Gasteiger partial charge < -0.3 is 10.4 Å². The van der Waals surface area contributed by atoms with Gasteiger partial charge in [-0.1, -0.05) is 11.8 Å². The van der Waals surface area contributed by atoms with Crippen molar-refractivity contribution >= 4 is 23.6 Å². The van der Waals surface area contributed by atoms with E-state index >= 15 is 0 Å². The number of aromatic nitrogens is 4. The molecule has 10 heteroatoms. The molecule has 0 fully saturated rings. The fourth-order valence-corrected chi connectivity index (χ4v) is 1.55. The molecule has 0 saturated heterocycles. The van der Waals surface area contributed by atoms with Crippen LogP contribution in [0.25, 0.3) is 0 Å². The van der Waals surface area contributed by atoms with E-state index in [1.54, 1.807) is 6.07 Å². The Kier molecular flexibility index (Phi) is 4.89. The van der Waals surface area contributed by atoms with Crippen molar-refractivity contribution in [2.75, 3.05) is 12.3 Å². The number of hydrogen-bond acceptors (Lipinski definition) is 7. The van der Waals surface area contributed by atoms with E-state index in [1.807, 2.05) is 0 Å². The number of carboxylic acids is 1. The molecule has 0 atom stereocenters. The fourth-order valence-electron chi connectivity index (χ4n) is 0.846. The Balaban J connectivity index is 2.46. The Morgan fingerprint density at radius 2 is 2.35 bits per heavy atom. The van der Waals surface area contributed by atoms with Crippen molar-refractivity contribution < 1.29 is 14.7 Å². The molecule has 1 rings (SSSR count). The molecular formula is C7H8N6O3S. The minimum atomic E-state index is -1.08. The third kappa shape index (κ3) is 4.47. The Morgan fingerprint density at radius 1 is 1.59 bits per heavy atom. The Morgan fingerprint density at radius 3 is 3.00 bits per heavy atom. The molecule has 0 aliphatic heterocycles. The first kappa shape index (κ1) is 12.9. The lowest BCUT2D eigenvalue weighted by Gasteiger charge is -2.01. The number of tetrazole rings is 1. The number of carbonyl (C=O) groups excluding carboxylic acids is 1. The van der Waals surface area contributed by atoms with Crippen LogP contribution >= 0.6 is 11.8 Å². The van der Waals surface area contributed by atoms with E-state index in [0.29, 0.717) is 0 Å². The van der Waals surface area contributed by atoms with Crippen molar-refractivity contribution in [1.82, 2.24) is 25.5 Å². The smallest absolute Gasteiger partial charge is 0.325 e. The van der Waals surface area contributed by atoms with Gasteiger partial charge in [-0.25, -0.2) is 4.68 Å². The van der Waals surface area contributed by atoms with Gasteiger partial charge in [0.2, 0.25) is 11.1 Å². The molecule has 1 aromatic rings. The van der Waals surface area contributed by atoms with Crippen LogP contribution in [0.15, 0.2) is 5.16 Å². The second-order valence-corrected chi connectivity index (χ2v) is 3.68. The molecule has 1 aromatic heterocycles. The quantitative estimate of drug-likeness (QED) is 0.463. The molecule has 90 valence electrons. The number of carboxylic acid groups (broad SMARTS) is 1. The summed E-state index contributed by atoms with van der Waals surface area (Å²) in [6.45, 7) is -0.436. The van der Waals surface area contributed by atoms with E-state index in [4.69, 9.17) is 10.4 Å². The SMILES string of the molecule is N#CCNC(=O)CSc1nnnn1CC(=O)O.